The van der Waals surface area contributed by atoms with E-state index >= 15 is 0 Å². The van der Waals surface area contributed by atoms with Crippen molar-refractivity contribution in [2.75, 3.05) is 0 Å². The molecule has 2 N–H and O–H groups in total. The monoisotopic (exact) mass is 212 g/mol. The highest BCUT2D eigenvalue weighted by Crippen LogP contribution is 2.43. The average molecular weight is 212 g/mol. The first-order valence-electron chi connectivity index (χ1n) is 5.76. The number of benzene rings is 1. The molecule has 3 rings (SSSR count). The number of fused-ring (bicyclic) bond motifs is 1. The fourth-order valence-corrected chi connectivity index (χ4v) is 2.30. The van der Waals surface area contributed by atoms with Crippen LogP contribution < -0.4 is 5.73 Å². The van der Waals surface area contributed by atoms with Crippen molar-refractivity contribution < 1.29 is 0 Å². The third kappa shape index (κ3) is 1.41. The zero-order valence-corrected chi connectivity index (χ0v) is 9.75. The van der Waals surface area contributed by atoms with Gasteiger partial charge in [-0.3, -0.25) is 4.98 Å². The second kappa shape index (κ2) is 3.05. The summed E-state index contributed by atoms with van der Waals surface area (Å²) in [5, 5.41) is 1.24. The Hall–Kier alpha value is -1.41. The van der Waals surface area contributed by atoms with Gasteiger partial charge in [0.15, 0.2) is 0 Å². The summed E-state index contributed by atoms with van der Waals surface area (Å²) in [6, 6.07) is 8.56. The number of hydrogen-bond acceptors (Lipinski definition) is 2. The first kappa shape index (κ1) is 9.79. The molecule has 1 saturated carbocycles. The van der Waals surface area contributed by atoms with Gasteiger partial charge >= 0.3 is 0 Å². The van der Waals surface area contributed by atoms with Crippen LogP contribution in [-0.2, 0) is 5.54 Å². The first-order chi connectivity index (χ1) is 7.58. The van der Waals surface area contributed by atoms with Crippen LogP contribution in [0.1, 0.15) is 29.7 Å². The van der Waals surface area contributed by atoms with Crippen LogP contribution >= 0.6 is 0 Å². The number of nitrogens with zero attached hydrogens (tertiary/aromatic N) is 1. The van der Waals surface area contributed by atoms with Gasteiger partial charge in [0.2, 0.25) is 0 Å². The summed E-state index contributed by atoms with van der Waals surface area (Å²) in [7, 11) is 0. The molecule has 0 unspecified atom stereocenters. The number of nitrogens with two attached hydrogens (primary N) is 1. The quantitative estimate of drug-likeness (QED) is 0.789. The molecule has 0 radical (unpaired) electrons. The maximum Gasteiger partial charge on any atom is 0.0708 e. The lowest BCUT2D eigenvalue weighted by molar-refractivity contribution is 0.741. The van der Waals surface area contributed by atoms with E-state index in [1.165, 1.54) is 16.5 Å². The molecule has 0 atom stereocenters. The normalized spacial score (nSPS) is 17.7. The van der Waals surface area contributed by atoms with Crippen molar-refractivity contribution in [2.24, 2.45) is 5.73 Å². The van der Waals surface area contributed by atoms with Gasteiger partial charge in [-0.2, -0.15) is 0 Å². The van der Waals surface area contributed by atoms with Gasteiger partial charge in [-0.1, -0.05) is 6.07 Å². The molecular formula is C14H16N2. The van der Waals surface area contributed by atoms with Crippen molar-refractivity contribution in [2.45, 2.75) is 32.2 Å². The Morgan fingerprint density at radius 1 is 1.19 bits per heavy atom. The molecule has 1 aromatic carbocycles. The number of aryl methyl sites for hydroxylation is 2. The molecule has 0 spiro atoms. The van der Waals surface area contributed by atoms with Crippen LogP contribution in [0, 0.1) is 13.8 Å². The molecule has 2 heteroatoms. The number of rotatable bonds is 1. The summed E-state index contributed by atoms with van der Waals surface area (Å²) >= 11 is 0. The molecule has 1 fully saturated rings. The van der Waals surface area contributed by atoms with Crippen molar-refractivity contribution in [3.8, 4) is 0 Å². The van der Waals surface area contributed by atoms with Crippen LogP contribution in [0.3, 0.4) is 0 Å². The van der Waals surface area contributed by atoms with E-state index in [9.17, 15) is 0 Å². The van der Waals surface area contributed by atoms with Crippen LogP contribution in [0.25, 0.3) is 10.9 Å². The largest absolute Gasteiger partial charge is 0.321 e. The van der Waals surface area contributed by atoms with E-state index in [1.807, 2.05) is 6.92 Å². The summed E-state index contributed by atoms with van der Waals surface area (Å²) in [5.74, 6) is 0. The van der Waals surface area contributed by atoms with Crippen molar-refractivity contribution in [1.82, 2.24) is 4.98 Å². The van der Waals surface area contributed by atoms with Gasteiger partial charge in [0, 0.05) is 16.6 Å². The van der Waals surface area contributed by atoms with Gasteiger partial charge in [-0.25, -0.2) is 0 Å². The molecule has 2 nitrogen and oxygen atoms in total. The summed E-state index contributed by atoms with van der Waals surface area (Å²) in [6.07, 6.45) is 2.22. The predicted molar refractivity (Wildman–Crippen MR) is 66.3 cm³/mol. The van der Waals surface area contributed by atoms with Crippen molar-refractivity contribution in [3.05, 3.63) is 41.1 Å². The standard InChI is InChI=1S/C14H16N2/c1-9-7-10(2)16-13-4-3-11(8-12(9)13)14(15)5-6-14/h3-4,7-8H,5-6,15H2,1-2H3. The van der Waals surface area contributed by atoms with E-state index < -0.39 is 0 Å². The van der Waals surface area contributed by atoms with E-state index in [-0.39, 0.29) is 5.54 Å². The zero-order chi connectivity index (χ0) is 11.3. The minimum Gasteiger partial charge on any atom is -0.321 e. The van der Waals surface area contributed by atoms with Gasteiger partial charge in [0.25, 0.3) is 0 Å². The second-order valence-electron chi connectivity index (χ2n) is 4.97. The topological polar surface area (TPSA) is 38.9 Å². The SMILES string of the molecule is Cc1cc(C)c2cc(C3(N)CC3)ccc2n1. The van der Waals surface area contributed by atoms with Crippen LogP contribution in [0.15, 0.2) is 24.3 Å². The second-order valence-corrected chi connectivity index (χ2v) is 4.97. The predicted octanol–water partition coefficient (Wildman–Crippen LogP) is 2.80. The minimum absolute atomic E-state index is 0.0501. The summed E-state index contributed by atoms with van der Waals surface area (Å²) in [4.78, 5) is 4.54. The fraction of sp³-hybridized carbons (Fsp3) is 0.357. The van der Waals surface area contributed by atoms with Crippen molar-refractivity contribution in [1.29, 1.82) is 0 Å². The van der Waals surface area contributed by atoms with Gasteiger partial charge in [0.05, 0.1) is 5.52 Å². The third-order valence-electron chi connectivity index (χ3n) is 3.51. The first-order valence-corrected chi connectivity index (χ1v) is 5.76. The van der Waals surface area contributed by atoms with Crippen LogP contribution in [0.5, 0.6) is 0 Å². The number of pyridine rings is 1. The zero-order valence-electron chi connectivity index (χ0n) is 9.75. The average Bonchev–Trinajstić information content (AvgIpc) is 2.97. The van der Waals surface area contributed by atoms with E-state index in [0.29, 0.717) is 0 Å². The third-order valence-corrected chi connectivity index (χ3v) is 3.51. The Morgan fingerprint density at radius 2 is 1.94 bits per heavy atom. The van der Waals surface area contributed by atoms with Gasteiger partial charge < -0.3 is 5.73 Å². The Labute approximate surface area is 95.5 Å². The smallest absolute Gasteiger partial charge is 0.0708 e. The van der Waals surface area contributed by atoms with Crippen LogP contribution in [0.2, 0.25) is 0 Å². The molecule has 0 aliphatic heterocycles. The molecule has 0 amide bonds. The molecule has 2 aromatic rings. The number of aromatic nitrogens is 1. The van der Waals surface area contributed by atoms with E-state index in [0.717, 1.165) is 24.1 Å². The van der Waals surface area contributed by atoms with Gasteiger partial charge in [0.1, 0.15) is 0 Å². The Bertz CT molecular complexity index is 568. The molecule has 1 aromatic heterocycles. The Kier molecular flexibility index (Phi) is 1.86. The molecule has 0 bridgehead atoms. The van der Waals surface area contributed by atoms with Crippen molar-refractivity contribution in [3.63, 3.8) is 0 Å². The summed E-state index contributed by atoms with van der Waals surface area (Å²) in [6.45, 7) is 4.17. The lowest BCUT2D eigenvalue weighted by atomic mass is 10.0. The molecule has 1 heterocycles. The van der Waals surface area contributed by atoms with Crippen LogP contribution in [0.4, 0.5) is 0 Å². The molecule has 1 aliphatic carbocycles. The lowest BCUT2D eigenvalue weighted by Crippen LogP contribution is -2.18. The van der Waals surface area contributed by atoms with Crippen LogP contribution in [-0.4, -0.2) is 4.98 Å². The van der Waals surface area contributed by atoms with E-state index in [1.54, 1.807) is 0 Å². The molecule has 0 saturated heterocycles. The summed E-state index contributed by atoms with van der Waals surface area (Å²) < 4.78 is 0. The van der Waals surface area contributed by atoms with Gasteiger partial charge in [-0.05, 0) is 56.0 Å². The summed E-state index contributed by atoms with van der Waals surface area (Å²) in [5.41, 5.74) is 10.9. The maximum absolute atomic E-state index is 6.22. The Balaban J connectivity index is 2.25. The van der Waals surface area contributed by atoms with E-state index in [2.05, 4.69) is 36.2 Å². The number of hydrogen-bond donors (Lipinski definition) is 1. The molecular weight excluding hydrogens is 196 g/mol. The molecule has 82 valence electrons. The Morgan fingerprint density at radius 3 is 2.62 bits per heavy atom. The highest BCUT2D eigenvalue weighted by Gasteiger charge is 2.39. The fourth-order valence-electron chi connectivity index (χ4n) is 2.30. The molecule has 16 heavy (non-hydrogen) atoms. The molecule has 1 aliphatic rings. The lowest BCUT2D eigenvalue weighted by Gasteiger charge is -2.11. The highest BCUT2D eigenvalue weighted by atomic mass is 14.8. The maximum atomic E-state index is 6.22. The van der Waals surface area contributed by atoms with E-state index in [4.69, 9.17) is 5.73 Å². The highest BCUT2D eigenvalue weighted by molar-refractivity contribution is 5.83. The van der Waals surface area contributed by atoms with Crippen molar-refractivity contribution >= 4 is 10.9 Å². The van der Waals surface area contributed by atoms with Gasteiger partial charge in [-0.15, -0.1) is 0 Å². The minimum atomic E-state index is -0.0501.